The number of nitrogens with two attached hydrogens (primary N) is 2. The Morgan fingerprint density at radius 2 is 0.567 bits per heavy atom. The predicted octanol–water partition coefficient (Wildman–Crippen LogP) is 22.9. The first-order valence-corrected chi connectivity index (χ1v) is 53.9. The minimum Gasteiger partial charge on any atom is -0.536 e. The summed E-state index contributed by atoms with van der Waals surface area (Å²) in [5.74, 6) is -0.191. The normalized spacial score (nSPS) is 10.2. The van der Waals surface area contributed by atoms with Gasteiger partial charge in [0.15, 0.2) is 0 Å². The molecule has 0 spiro atoms. The van der Waals surface area contributed by atoms with Crippen LogP contribution in [-0.4, -0.2) is 53.8 Å². The molecule has 0 aliphatic carbocycles. The number of nitrogens with zero attached hydrogens (tertiary/aromatic N) is 5. The molecule has 20 aromatic rings. The number of hydrogen-bond donors (Lipinski definition) is 5. The molecule has 25 heteroatoms. The van der Waals surface area contributed by atoms with Crippen LogP contribution >= 0.6 is 47.6 Å². The Morgan fingerprint density at radius 3 is 0.793 bits per heavy atom. The fourth-order valence-corrected chi connectivity index (χ4v) is 24.2. The van der Waals surface area contributed by atoms with Crippen LogP contribution in [0.15, 0.2) is 538 Å². The molecule has 0 fully saturated rings. The van der Waals surface area contributed by atoms with Crippen molar-refractivity contribution in [2.45, 2.75) is 52.5 Å². The Kier molecular flexibility index (Phi) is 50.3. The smallest absolute Gasteiger partial charge is 0.536 e. The van der Waals surface area contributed by atoms with E-state index in [9.17, 15) is 32.3 Å². The van der Waals surface area contributed by atoms with Gasteiger partial charge in [0, 0.05) is 75.8 Å². The fourth-order valence-electron chi connectivity index (χ4n) is 14.6. The first-order valence-electron chi connectivity index (χ1n) is 47.4. The molecule has 0 saturated heterocycles. The summed E-state index contributed by atoms with van der Waals surface area (Å²) in [4.78, 5) is 57.3. The molecule has 7 N–H and O–H groups in total. The summed E-state index contributed by atoms with van der Waals surface area (Å²) in [7, 11) is -1.19. The van der Waals surface area contributed by atoms with Crippen molar-refractivity contribution in [2.75, 3.05) is 16.8 Å². The Balaban J connectivity index is 0.000000175. The summed E-state index contributed by atoms with van der Waals surface area (Å²) in [6.45, 7) is 4.60. The quantitative estimate of drug-likeness (QED) is 0.0216. The second kappa shape index (κ2) is 64.7. The van der Waals surface area contributed by atoms with E-state index in [-0.39, 0.29) is 67.9 Å². The first kappa shape index (κ1) is 117. The molecule has 150 heavy (non-hydrogen) atoms. The summed E-state index contributed by atoms with van der Waals surface area (Å²) in [6, 6.07) is 164. The SMILES string of the molecule is C.CCn1cc(C(=O)Nc2ccc(Cc3ccc(F)cc3)cn2)ccc1=O.CCn1cc(C(=O)O)ccc1=O.Fc1ccc(CBr)cc1.Nc1ccc(Cc2ccc(F)cc2)cn1.Nc1ccc(O[B]O)cn1.[Pd].c1ccc(P(c2ccccc2)c2ccccc2)cc1.c1ccc(P(c2ccccc2)c2ccccc2)cc1.c1ccc(P(c2ccccc2)c2ccccc2)cc1.c1ccc(P(c2ccccc2)c2ccccc2)cc1. The van der Waals surface area contributed by atoms with Crippen LogP contribution in [0.5, 0.6) is 5.75 Å². The van der Waals surface area contributed by atoms with E-state index in [1.165, 1.54) is 152 Å². The number of aromatic carboxylic acids is 1. The van der Waals surface area contributed by atoms with Gasteiger partial charge in [0.2, 0.25) is 0 Å². The molecule has 15 nitrogen and oxygen atoms in total. The second-order valence-corrected chi connectivity index (χ2v) is 41.8. The number of alkyl halides is 1. The van der Waals surface area contributed by atoms with Gasteiger partial charge < -0.3 is 40.7 Å². The van der Waals surface area contributed by atoms with Gasteiger partial charge in [-0.05, 0) is 223 Å². The summed E-state index contributed by atoms with van der Waals surface area (Å²) in [5, 5.41) is 37.0. The van der Waals surface area contributed by atoms with Crippen LogP contribution in [0.4, 0.5) is 30.6 Å². The molecule has 0 bridgehead atoms. The van der Waals surface area contributed by atoms with E-state index in [0.29, 0.717) is 56.0 Å². The molecule has 0 atom stereocenters. The van der Waals surface area contributed by atoms with Gasteiger partial charge in [0.25, 0.3) is 17.0 Å². The van der Waals surface area contributed by atoms with Gasteiger partial charge in [0.05, 0.1) is 17.3 Å². The van der Waals surface area contributed by atoms with Gasteiger partial charge in [-0.2, -0.15) is 0 Å². The maximum atomic E-state index is 12.9. The average Bonchev–Trinajstić information content (AvgIpc) is 0.824. The molecule has 1 radical (unpaired) electrons. The topological polar surface area (TPSA) is 231 Å². The van der Waals surface area contributed by atoms with Crippen molar-refractivity contribution in [2.24, 2.45) is 0 Å². The zero-order chi connectivity index (χ0) is 104. The maximum absolute atomic E-state index is 12.9. The number of carboxylic acids is 1. The van der Waals surface area contributed by atoms with Crippen molar-refractivity contribution in [3.8, 4) is 5.75 Å². The van der Waals surface area contributed by atoms with E-state index in [1.807, 2.05) is 19.1 Å². The second-order valence-electron chi connectivity index (χ2n) is 32.4. The standard InChI is InChI=1S/C20H18FN3O2.4C18H15P.C12H11FN2.C8H9NO3.C7H6BrF.C5H6BN2O2.CH4.Pd/c1-2-24-13-16(6-10-19(24)25)20(26)23-18-9-5-15(12-22-18)11-14-3-7-17(21)8-4-14;4*1-4-10-16(11-5-1)19(17-12-6-2-7-13-17)18-14-8-3-9-15-18;13-11-4-1-9(2-5-11)7-10-3-6-12(14)15-8-10;1-2-9-5-6(8(11)12)3-4-7(9)10;8-5-6-1-3-7(9)4-2-6;7-5-2-1-4(3-8-5)10-6-9;;/h3-10,12-13H,2,11H2,1H3,(H,22,23,26);4*1-15H;1-6,8H,7H2,(H2,14,15);3-5H,2H2,1H3,(H,11,12);1-4H,5H2;1-3,9H,(H2,7,8);1H4;. The molecule has 5 aromatic heterocycles. The van der Waals surface area contributed by atoms with Gasteiger partial charge in [0.1, 0.15) is 40.7 Å². The van der Waals surface area contributed by atoms with E-state index < -0.39 is 37.7 Å². The van der Waals surface area contributed by atoms with Crippen molar-refractivity contribution in [1.82, 2.24) is 24.1 Å². The van der Waals surface area contributed by atoms with Gasteiger partial charge in [-0.1, -0.05) is 436 Å². The van der Waals surface area contributed by atoms with Crippen LogP contribution in [0.2, 0.25) is 0 Å². The Hall–Kier alpha value is -15.3. The van der Waals surface area contributed by atoms with Crippen LogP contribution in [0.1, 0.15) is 69.8 Å². The number of carboxylic acid groups (broad SMARTS) is 1. The van der Waals surface area contributed by atoms with Crippen molar-refractivity contribution in [1.29, 1.82) is 0 Å². The minimum atomic E-state index is -1.02. The number of amides is 1. The number of nitrogen functional groups attached to an aromatic ring is 2. The molecule has 20 rings (SSSR count). The molecule has 5 heterocycles. The van der Waals surface area contributed by atoms with Gasteiger partial charge in [-0.3, -0.25) is 14.4 Å². The van der Waals surface area contributed by atoms with E-state index in [1.54, 1.807) is 80.0 Å². The van der Waals surface area contributed by atoms with Crippen LogP contribution in [-0.2, 0) is 51.7 Å². The number of carbonyl (C=O) groups excluding carboxylic acids is 1. The van der Waals surface area contributed by atoms with E-state index in [0.717, 1.165) is 39.6 Å². The van der Waals surface area contributed by atoms with Crippen molar-refractivity contribution >= 4 is 148 Å². The number of carbonyl (C=O) groups is 2. The Bertz CT molecular complexity index is 6490. The number of aryl methyl sites for hydroxylation is 2. The minimum absolute atomic E-state index is 0. The fraction of sp³-hybridized carbons (Fsp3) is 0.0640. The maximum Gasteiger partial charge on any atom is 0.569 e. The zero-order valence-electron chi connectivity index (χ0n) is 81.8. The third-order valence-corrected chi connectivity index (χ3v) is 32.3. The number of benzene rings is 15. The largest absolute Gasteiger partial charge is 0.569 e. The molecule has 0 aliphatic heterocycles. The third kappa shape index (κ3) is 38.7. The molecular weight excluding hydrogens is 2100 g/mol. The number of rotatable bonds is 24. The van der Waals surface area contributed by atoms with Crippen molar-refractivity contribution in [3.63, 3.8) is 0 Å². The predicted molar refractivity (Wildman–Crippen MR) is 623 cm³/mol. The summed E-state index contributed by atoms with van der Waals surface area (Å²) >= 11 is 3.26. The van der Waals surface area contributed by atoms with Gasteiger partial charge in [-0.25, -0.2) is 32.9 Å². The molecule has 757 valence electrons. The van der Waals surface area contributed by atoms with Crippen molar-refractivity contribution < 1.29 is 58.0 Å². The number of anilines is 3. The van der Waals surface area contributed by atoms with Crippen LogP contribution < -0.4 is 96.2 Å². The number of nitrogens with one attached hydrogen (secondary N) is 1. The van der Waals surface area contributed by atoms with Crippen LogP contribution in [0, 0.1) is 17.5 Å². The molecule has 0 aliphatic rings. The van der Waals surface area contributed by atoms with Crippen LogP contribution in [0.25, 0.3) is 0 Å². The van der Waals surface area contributed by atoms with E-state index in [4.69, 9.17) is 21.6 Å². The first-order chi connectivity index (χ1) is 72.4. The monoisotopic (exact) mass is 2220 g/mol. The summed E-state index contributed by atoms with van der Waals surface area (Å²) < 4.78 is 45.2. The number of aromatic nitrogens is 5. The van der Waals surface area contributed by atoms with Crippen molar-refractivity contribution in [3.05, 3.63) is 606 Å². The third-order valence-electron chi connectivity index (χ3n) is 21.9. The molecular formula is C125H114BBrF3N8O7P4Pd. The van der Waals surface area contributed by atoms with Gasteiger partial charge in [-0.15, -0.1) is 0 Å². The zero-order valence-corrected chi connectivity index (χ0v) is 88.5. The summed E-state index contributed by atoms with van der Waals surface area (Å²) in [5.41, 5.74) is 16.1. The molecule has 0 saturated carbocycles. The Morgan fingerprint density at radius 1 is 0.327 bits per heavy atom. The number of hydrogen-bond acceptors (Lipinski definition) is 11. The summed E-state index contributed by atoms with van der Waals surface area (Å²) in [6.07, 6.45) is 9.06. The van der Waals surface area contributed by atoms with Gasteiger partial charge >= 0.3 is 13.7 Å². The van der Waals surface area contributed by atoms with E-state index >= 15 is 0 Å². The Labute approximate surface area is 904 Å². The molecule has 1 amide bonds. The van der Waals surface area contributed by atoms with E-state index in [2.05, 4.69) is 405 Å². The van der Waals surface area contributed by atoms with Crippen LogP contribution in [0.3, 0.4) is 0 Å². The average molecular weight is 2220 g/mol. The molecule has 0 unspecified atom stereocenters. The number of halogens is 4. The number of pyridine rings is 5. The molecule has 15 aromatic carbocycles.